The fourth-order valence-corrected chi connectivity index (χ4v) is 4.27. The van der Waals surface area contributed by atoms with Gasteiger partial charge in [0.05, 0.1) is 30.0 Å². The highest BCUT2D eigenvalue weighted by molar-refractivity contribution is 7.80. The van der Waals surface area contributed by atoms with Gasteiger partial charge in [-0.05, 0) is 61.6 Å². The van der Waals surface area contributed by atoms with Gasteiger partial charge in [-0.1, -0.05) is 11.3 Å². The summed E-state index contributed by atoms with van der Waals surface area (Å²) in [7, 11) is 0. The van der Waals surface area contributed by atoms with Gasteiger partial charge in [-0.2, -0.15) is 0 Å². The molecule has 28 heavy (non-hydrogen) atoms. The summed E-state index contributed by atoms with van der Waals surface area (Å²) in [5.74, 6) is 0.846. The molecule has 0 aliphatic carbocycles. The maximum Gasteiger partial charge on any atom is 0.186 e. The second-order valence-electron chi connectivity index (χ2n) is 6.31. The van der Waals surface area contributed by atoms with Crippen LogP contribution in [0.2, 0.25) is 0 Å². The van der Waals surface area contributed by atoms with Crippen LogP contribution in [0, 0.1) is 0 Å². The van der Waals surface area contributed by atoms with E-state index < -0.39 is 0 Å². The molecule has 0 radical (unpaired) electrons. The fraction of sp³-hybridized carbons (Fsp3) is 0.300. The van der Waals surface area contributed by atoms with Crippen molar-refractivity contribution < 1.29 is 9.47 Å². The van der Waals surface area contributed by atoms with Crippen molar-refractivity contribution in [2.45, 2.75) is 6.92 Å². The standard InChI is InChI=1S/C20H22N4O2S2/c1-2-26-16-6-3-14(4-7-16)21-19(27)22-15-5-8-17-18(13-15)28-20(23-17)24-9-11-25-12-10-24/h3-8,13H,2,9-12H2,1H3,(H2,21,22,27). The van der Waals surface area contributed by atoms with Crippen LogP contribution in [-0.2, 0) is 4.74 Å². The van der Waals surface area contributed by atoms with Crippen LogP contribution in [0.15, 0.2) is 42.5 Å². The number of hydrogen-bond donors (Lipinski definition) is 2. The van der Waals surface area contributed by atoms with Crippen molar-refractivity contribution >= 4 is 55.4 Å². The Labute approximate surface area is 173 Å². The van der Waals surface area contributed by atoms with E-state index >= 15 is 0 Å². The number of thiocarbonyl (C=S) groups is 1. The Morgan fingerprint density at radius 2 is 1.86 bits per heavy atom. The smallest absolute Gasteiger partial charge is 0.186 e. The van der Waals surface area contributed by atoms with Gasteiger partial charge in [0.2, 0.25) is 0 Å². The highest BCUT2D eigenvalue weighted by Crippen LogP contribution is 2.31. The monoisotopic (exact) mass is 414 g/mol. The molecule has 0 saturated carbocycles. The molecule has 1 aliphatic rings. The summed E-state index contributed by atoms with van der Waals surface area (Å²) in [6.45, 7) is 5.92. The molecule has 3 aromatic rings. The fourth-order valence-electron chi connectivity index (χ4n) is 2.97. The van der Waals surface area contributed by atoms with Gasteiger partial charge in [-0.25, -0.2) is 4.98 Å². The topological polar surface area (TPSA) is 58.7 Å². The Bertz CT molecular complexity index is 952. The Kier molecular flexibility index (Phi) is 5.90. The minimum atomic E-state index is 0.543. The normalized spacial score (nSPS) is 14.1. The van der Waals surface area contributed by atoms with Crippen molar-refractivity contribution in [2.75, 3.05) is 48.4 Å². The molecule has 146 valence electrons. The molecule has 2 aromatic carbocycles. The molecule has 1 fully saturated rings. The Hall–Kier alpha value is -2.42. The zero-order chi connectivity index (χ0) is 19.3. The highest BCUT2D eigenvalue weighted by atomic mass is 32.1. The first-order valence-electron chi connectivity index (χ1n) is 9.25. The highest BCUT2D eigenvalue weighted by Gasteiger charge is 2.15. The molecule has 1 saturated heterocycles. The largest absolute Gasteiger partial charge is 0.494 e. The lowest BCUT2D eigenvalue weighted by atomic mass is 10.3. The van der Waals surface area contributed by atoms with Crippen LogP contribution in [0.4, 0.5) is 16.5 Å². The average molecular weight is 415 g/mol. The number of benzene rings is 2. The minimum Gasteiger partial charge on any atom is -0.494 e. The first kappa shape index (κ1) is 18.9. The molecule has 8 heteroatoms. The first-order chi connectivity index (χ1) is 13.7. The van der Waals surface area contributed by atoms with E-state index in [2.05, 4.69) is 21.6 Å². The maximum absolute atomic E-state index is 5.46. The number of nitrogens with zero attached hydrogens (tertiary/aromatic N) is 2. The molecule has 2 N–H and O–H groups in total. The number of morpholine rings is 1. The lowest BCUT2D eigenvalue weighted by Gasteiger charge is -2.25. The molecule has 6 nitrogen and oxygen atoms in total. The predicted octanol–water partition coefficient (Wildman–Crippen LogP) is 4.34. The zero-order valence-corrected chi connectivity index (χ0v) is 17.2. The third-order valence-corrected chi connectivity index (χ3v) is 5.62. The number of rotatable bonds is 5. The third-order valence-electron chi connectivity index (χ3n) is 4.34. The summed E-state index contributed by atoms with van der Waals surface area (Å²) in [5, 5.41) is 8.03. The van der Waals surface area contributed by atoms with Crippen LogP contribution in [0.3, 0.4) is 0 Å². The summed E-state index contributed by atoms with van der Waals surface area (Å²) in [4.78, 5) is 7.03. The number of thiazole rings is 1. The van der Waals surface area contributed by atoms with E-state index in [1.807, 2.05) is 43.3 Å². The summed E-state index contributed by atoms with van der Waals surface area (Å²) in [5.41, 5.74) is 2.85. The van der Waals surface area contributed by atoms with Crippen molar-refractivity contribution in [1.82, 2.24) is 4.98 Å². The van der Waals surface area contributed by atoms with E-state index in [-0.39, 0.29) is 0 Å². The van der Waals surface area contributed by atoms with Gasteiger partial charge in [0, 0.05) is 24.5 Å². The Balaban J connectivity index is 1.41. The number of nitrogens with one attached hydrogen (secondary N) is 2. The Morgan fingerprint density at radius 1 is 1.14 bits per heavy atom. The number of hydrogen-bond acceptors (Lipinski definition) is 6. The van der Waals surface area contributed by atoms with E-state index in [0.29, 0.717) is 11.7 Å². The van der Waals surface area contributed by atoms with Gasteiger partial charge in [0.25, 0.3) is 0 Å². The van der Waals surface area contributed by atoms with Crippen molar-refractivity contribution in [1.29, 1.82) is 0 Å². The van der Waals surface area contributed by atoms with Gasteiger partial charge < -0.3 is 25.0 Å². The third kappa shape index (κ3) is 4.52. The van der Waals surface area contributed by atoms with Crippen molar-refractivity contribution in [2.24, 2.45) is 0 Å². The summed E-state index contributed by atoms with van der Waals surface area (Å²) in [6.07, 6.45) is 0. The number of anilines is 3. The van der Waals surface area contributed by atoms with Crippen molar-refractivity contribution in [3.05, 3.63) is 42.5 Å². The minimum absolute atomic E-state index is 0.543. The average Bonchev–Trinajstić information content (AvgIpc) is 3.14. The van der Waals surface area contributed by atoms with E-state index in [0.717, 1.165) is 58.8 Å². The molecular weight excluding hydrogens is 392 g/mol. The molecule has 0 amide bonds. The number of ether oxygens (including phenoxy) is 2. The molecule has 1 aromatic heterocycles. The summed E-state index contributed by atoms with van der Waals surface area (Å²) >= 11 is 7.14. The van der Waals surface area contributed by atoms with E-state index in [4.69, 9.17) is 26.7 Å². The number of fused-ring (bicyclic) bond motifs is 1. The predicted molar refractivity (Wildman–Crippen MR) is 120 cm³/mol. The number of aromatic nitrogens is 1. The second kappa shape index (κ2) is 8.72. The van der Waals surface area contributed by atoms with Crippen LogP contribution in [0.25, 0.3) is 10.2 Å². The quantitative estimate of drug-likeness (QED) is 0.602. The van der Waals surface area contributed by atoms with E-state index in [9.17, 15) is 0 Å². The molecule has 0 unspecified atom stereocenters. The van der Waals surface area contributed by atoms with E-state index in [1.165, 1.54) is 0 Å². The molecular formula is C20H22N4O2S2. The molecule has 0 atom stereocenters. The van der Waals surface area contributed by atoms with Gasteiger partial charge >= 0.3 is 0 Å². The van der Waals surface area contributed by atoms with Crippen LogP contribution in [0.1, 0.15) is 6.92 Å². The van der Waals surface area contributed by atoms with Gasteiger partial charge in [-0.3, -0.25) is 0 Å². The molecule has 4 rings (SSSR count). The van der Waals surface area contributed by atoms with E-state index in [1.54, 1.807) is 11.3 Å². The van der Waals surface area contributed by atoms with Gasteiger partial charge in [0.15, 0.2) is 10.2 Å². The molecule has 1 aliphatic heterocycles. The maximum atomic E-state index is 5.46. The molecule has 0 bridgehead atoms. The van der Waals surface area contributed by atoms with Crippen LogP contribution in [0.5, 0.6) is 5.75 Å². The van der Waals surface area contributed by atoms with Crippen molar-refractivity contribution in [3.63, 3.8) is 0 Å². The SMILES string of the molecule is CCOc1ccc(NC(=S)Nc2ccc3nc(N4CCOCC4)sc3c2)cc1. The first-order valence-corrected chi connectivity index (χ1v) is 10.5. The van der Waals surface area contributed by atoms with Crippen molar-refractivity contribution in [3.8, 4) is 5.75 Å². The zero-order valence-electron chi connectivity index (χ0n) is 15.6. The Morgan fingerprint density at radius 3 is 2.61 bits per heavy atom. The molecule has 0 spiro atoms. The van der Waals surface area contributed by atoms with Crippen LogP contribution in [-0.4, -0.2) is 43.0 Å². The van der Waals surface area contributed by atoms with Gasteiger partial charge in [-0.15, -0.1) is 0 Å². The second-order valence-corrected chi connectivity index (χ2v) is 7.73. The van der Waals surface area contributed by atoms with Crippen LogP contribution < -0.4 is 20.3 Å². The van der Waals surface area contributed by atoms with Crippen LogP contribution >= 0.6 is 23.6 Å². The molecule has 2 heterocycles. The summed E-state index contributed by atoms with van der Waals surface area (Å²) < 4.78 is 12.0. The van der Waals surface area contributed by atoms with Gasteiger partial charge in [0.1, 0.15) is 5.75 Å². The lowest BCUT2D eigenvalue weighted by Crippen LogP contribution is -2.36. The lowest BCUT2D eigenvalue weighted by molar-refractivity contribution is 0.122. The summed E-state index contributed by atoms with van der Waals surface area (Å²) in [6, 6.07) is 13.8.